The molecule has 0 unspecified atom stereocenters. The van der Waals surface area contributed by atoms with Gasteiger partial charge in [-0.15, -0.1) is 0 Å². The number of para-hydroxylation sites is 1. The van der Waals surface area contributed by atoms with E-state index in [1.807, 2.05) is 12.1 Å². The largest absolute Gasteiger partial charge is 0.465 e. The number of aromatic nitrogens is 2. The highest BCUT2D eigenvalue weighted by molar-refractivity contribution is 6.30. The number of esters is 1. The third kappa shape index (κ3) is 3.70. The molecule has 1 heterocycles. The number of aromatic amines is 1. The molecule has 6 nitrogen and oxygen atoms in total. The molecule has 1 aromatic heterocycles. The number of nitrogens with zero attached hydrogens (tertiary/aromatic N) is 1. The van der Waals surface area contributed by atoms with Crippen LogP contribution in [-0.4, -0.2) is 29.2 Å². The van der Waals surface area contributed by atoms with Gasteiger partial charge in [0.25, 0.3) is 5.91 Å². The molecule has 2 N–H and O–H groups in total. The van der Waals surface area contributed by atoms with Gasteiger partial charge in [0.15, 0.2) is 0 Å². The van der Waals surface area contributed by atoms with E-state index in [0.717, 1.165) is 5.56 Å². The zero-order valence-electron chi connectivity index (χ0n) is 13.2. The van der Waals surface area contributed by atoms with Crippen molar-refractivity contribution in [2.75, 3.05) is 12.4 Å². The minimum atomic E-state index is -0.526. The summed E-state index contributed by atoms with van der Waals surface area (Å²) in [6, 6.07) is 15.4. The van der Waals surface area contributed by atoms with Gasteiger partial charge in [-0.1, -0.05) is 35.9 Å². The number of carbonyl (C=O) groups is 2. The Morgan fingerprint density at radius 2 is 1.84 bits per heavy atom. The number of methoxy groups -OCH3 is 1. The van der Waals surface area contributed by atoms with Gasteiger partial charge in [0.1, 0.15) is 5.69 Å². The normalized spacial score (nSPS) is 10.3. The predicted octanol–water partition coefficient (Wildman–Crippen LogP) is 3.77. The van der Waals surface area contributed by atoms with E-state index in [4.69, 9.17) is 16.3 Å². The lowest BCUT2D eigenvalue weighted by molar-refractivity contribution is 0.0602. The summed E-state index contributed by atoms with van der Waals surface area (Å²) in [5.74, 6) is -0.938. The quantitative estimate of drug-likeness (QED) is 0.698. The van der Waals surface area contributed by atoms with Crippen molar-refractivity contribution < 1.29 is 14.3 Å². The molecule has 0 saturated heterocycles. The number of halogens is 1. The monoisotopic (exact) mass is 355 g/mol. The number of rotatable bonds is 4. The SMILES string of the molecule is COC(=O)c1ccccc1NC(=O)c1cc(-c2ccc(Cl)cc2)n[nH]1. The van der Waals surface area contributed by atoms with E-state index in [2.05, 4.69) is 15.5 Å². The van der Waals surface area contributed by atoms with Gasteiger partial charge in [0.05, 0.1) is 24.1 Å². The first-order chi connectivity index (χ1) is 12.1. The summed E-state index contributed by atoms with van der Waals surface area (Å²) in [7, 11) is 1.29. The van der Waals surface area contributed by atoms with Crippen LogP contribution >= 0.6 is 11.6 Å². The molecule has 0 saturated carbocycles. The van der Waals surface area contributed by atoms with Crippen molar-refractivity contribution in [3.8, 4) is 11.3 Å². The Morgan fingerprint density at radius 1 is 1.12 bits per heavy atom. The van der Waals surface area contributed by atoms with Gasteiger partial charge in [0.2, 0.25) is 0 Å². The Morgan fingerprint density at radius 3 is 2.56 bits per heavy atom. The lowest BCUT2D eigenvalue weighted by Crippen LogP contribution is -2.15. The van der Waals surface area contributed by atoms with Crippen LogP contribution in [0.2, 0.25) is 5.02 Å². The minimum Gasteiger partial charge on any atom is -0.465 e. The Bertz CT molecular complexity index is 919. The van der Waals surface area contributed by atoms with Gasteiger partial charge in [-0.25, -0.2) is 4.79 Å². The van der Waals surface area contributed by atoms with Crippen molar-refractivity contribution in [3.05, 3.63) is 70.9 Å². The summed E-state index contributed by atoms with van der Waals surface area (Å²) >= 11 is 5.87. The van der Waals surface area contributed by atoms with Crippen LogP contribution in [0.4, 0.5) is 5.69 Å². The number of hydrogen-bond donors (Lipinski definition) is 2. The highest BCUT2D eigenvalue weighted by Gasteiger charge is 2.16. The highest BCUT2D eigenvalue weighted by atomic mass is 35.5. The standard InChI is InChI=1S/C18H14ClN3O3/c1-25-18(24)13-4-2-3-5-14(13)20-17(23)16-10-15(21-22-16)11-6-8-12(19)9-7-11/h2-10H,1H3,(H,20,23)(H,21,22). The Kier molecular flexibility index (Phi) is 4.81. The maximum absolute atomic E-state index is 12.4. The third-order valence-corrected chi connectivity index (χ3v) is 3.80. The molecule has 0 radical (unpaired) electrons. The summed E-state index contributed by atoms with van der Waals surface area (Å²) < 4.78 is 4.71. The maximum atomic E-state index is 12.4. The summed E-state index contributed by atoms with van der Waals surface area (Å²) in [6.07, 6.45) is 0. The van der Waals surface area contributed by atoms with Crippen LogP contribution in [-0.2, 0) is 4.74 Å². The minimum absolute atomic E-state index is 0.268. The fourth-order valence-electron chi connectivity index (χ4n) is 2.28. The second-order valence-electron chi connectivity index (χ2n) is 5.17. The Labute approximate surface area is 148 Å². The number of H-pyrrole nitrogens is 1. The number of nitrogens with one attached hydrogen (secondary N) is 2. The van der Waals surface area contributed by atoms with Gasteiger partial charge in [-0.2, -0.15) is 5.10 Å². The molecule has 1 amide bonds. The molecule has 7 heteroatoms. The molecule has 0 bridgehead atoms. The molecular weight excluding hydrogens is 342 g/mol. The van der Waals surface area contributed by atoms with Crippen LogP contribution in [0.5, 0.6) is 0 Å². The number of carbonyl (C=O) groups excluding carboxylic acids is 2. The van der Waals surface area contributed by atoms with Crippen molar-refractivity contribution in [2.45, 2.75) is 0 Å². The average Bonchev–Trinajstić information content (AvgIpc) is 3.12. The van der Waals surface area contributed by atoms with Crippen molar-refractivity contribution in [2.24, 2.45) is 0 Å². The van der Waals surface area contributed by atoms with Crippen molar-refractivity contribution in [3.63, 3.8) is 0 Å². The van der Waals surface area contributed by atoms with Crippen molar-refractivity contribution in [1.29, 1.82) is 0 Å². The molecule has 0 spiro atoms. The third-order valence-electron chi connectivity index (χ3n) is 3.54. The van der Waals surface area contributed by atoms with E-state index in [1.54, 1.807) is 42.5 Å². The van der Waals surface area contributed by atoms with E-state index in [-0.39, 0.29) is 11.3 Å². The van der Waals surface area contributed by atoms with Crippen LogP contribution in [0, 0.1) is 0 Å². The molecule has 0 fully saturated rings. The van der Waals surface area contributed by atoms with E-state index in [1.165, 1.54) is 7.11 Å². The zero-order chi connectivity index (χ0) is 17.8. The van der Waals surface area contributed by atoms with E-state index >= 15 is 0 Å². The summed E-state index contributed by atoms with van der Waals surface area (Å²) in [6.45, 7) is 0. The Hall–Kier alpha value is -3.12. The molecule has 0 aliphatic rings. The van der Waals surface area contributed by atoms with Gasteiger partial charge in [0, 0.05) is 10.6 Å². The van der Waals surface area contributed by atoms with Gasteiger partial charge < -0.3 is 10.1 Å². The molecular formula is C18H14ClN3O3. The topological polar surface area (TPSA) is 84.1 Å². The fraction of sp³-hybridized carbons (Fsp3) is 0.0556. The summed E-state index contributed by atoms with van der Waals surface area (Å²) in [5, 5.41) is 10.1. The molecule has 3 aromatic rings. The molecule has 126 valence electrons. The summed E-state index contributed by atoms with van der Waals surface area (Å²) in [5.41, 5.74) is 2.35. The number of hydrogen-bond acceptors (Lipinski definition) is 4. The van der Waals surface area contributed by atoms with E-state index in [9.17, 15) is 9.59 Å². The number of anilines is 1. The first kappa shape index (κ1) is 16.7. The predicted molar refractivity (Wildman–Crippen MR) is 94.8 cm³/mol. The molecule has 0 aliphatic carbocycles. The number of benzene rings is 2. The fourth-order valence-corrected chi connectivity index (χ4v) is 2.40. The lowest BCUT2D eigenvalue weighted by atomic mass is 10.1. The zero-order valence-corrected chi connectivity index (χ0v) is 14.0. The molecule has 25 heavy (non-hydrogen) atoms. The van der Waals surface area contributed by atoms with Crippen LogP contribution in [0.15, 0.2) is 54.6 Å². The molecule has 0 atom stereocenters. The lowest BCUT2D eigenvalue weighted by Gasteiger charge is -2.08. The van der Waals surface area contributed by atoms with Gasteiger partial charge >= 0.3 is 5.97 Å². The maximum Gasteiger partial charge on any atom is 0.339 e. The Balaban J connectivity index is 1.81. The van der Waals surface area contributed by atoms with Crippen LogP contribution in [0.3, 0.4) is 0 Å². The summed E-state index contributed by atoms with van der Waals surface area (Å²) in [4.78, 5) is 24.2. The van der Waals surface area contributed by atoms with Crippen LogP contribution < -0.4 is 5.32 Å². The molecule has 3 rings (SSSR count). The number of amides is 1. The smallest absolute Gasteiger partial charge is 0.339 e. The second kappa shape index (κ2) is 7.19. The van der Waals surface area contributed by atoms with Crippen molar-refractivity contribution in [1.82, 2.24) is 10.2 Å². The average molecular weight is 356 g/mol. The molecule has 2 aromatic carbocycles. The first-order valence-corrected chi connectivity index (χ1v) is 7.76. The molecule has 0 aliphatic heterocycles. The number of ether oxygens (including phenoxy) is 1. The second-order valence-corrected chi connectivity index (χ2v) is 5.60. The van der Waals surface area contributed by atoms with E-state index in [0.29, 0.717) is 16.4 Å². The van der Waals surface area contributed by atoms with Gasteiger partial charge in [-0.05, 0) is 30.3 Å². The first-order valence-electron chi connectivity index (χ1n) is 7.38. The van der Waals surface area contributed by atoms with Crippen LogP contribution in [0.25, 0.3) is 11.3 Å². The van der Waals surface area contributed by atoms with Crippen molar-refractivity contribution >= 4 is 29.2 Å². The van der Waals surface area contributed by atoms with Crippen LogP contribution in [0.1, 0.15) is 20.8 Å². The highest BCUT2D eigenvalue weighted by Crippen LogP contribution is 2.21. The van der Waals surface area contributed by atoms with E-state index < -0.39 is 11.9 Å². The van der Waals surface area contributed by atoms with Gasteiger partial charge in [-0.3, -0.25) is 9.89 Å².